The molecule has 25 heavy (non-hydrogen) atoms. The fourth-order valence-corrected chi connectivity index (χ4v) is 3.22. The molecule has 0 spiro atoms. The van der Waals surface area contributed by atoms with Gasteiger partial charge in [-0.05, 0) is 44.0 Å². The zero-order valence-corrected chi connectivity index (χ0v) is 14.6. The van der Waals surface area contributed by atoms with E-state index in [4.69, 9.17) is 4.42 Å². The first kappa shape index (κ1) is 17.5. The molecule has 6 nitrogen and oxygen atoms in total. The maximum atomic E-state index is 12.4. The molecule has 6 heteroatoms. The molecule has 0 aromatic carbocycles. The van der Waals surface area contributed by atoms with E-state index in [1.807, 2.05) is 0 Å². The Morgan fingerprint density at radius 2 is 2.04 bits per heavy atom. The molecule has 2 aromatic rings. The van der Waals surface area contributed by atoms with Crippen LogP contribution in [-0.2, 0) is 6.54 Å². The largest absolute Gasteiger partial charge is 0.454 e. The molecular formula is C19H25N3O3. The summed E-state index contributed by atoms with van der Waals surface area (Å²) < 4.78 is 7.17. The number of amides is 1. The average molecular weight is 343 g/mol. The molecule has 134 valence electrons. The van der Waals surface area contributed by atoms with Crippen molar-refractivity contribution in [3.8, 4) is 0 Å². The molecule has 1 fully saturated rings. The average Bonchev–Trinajstić information content (AvgIpc) is 3.08. The molecule has 0 atom stereocenters. The van der Waals surface area contributed by atoms with Crippen molar-refractivity contribution in [2.75, 3.05) is 19.6 Å². The van der Waals surface area contributed by atoms with Crippen molar-refractivity contribution < 1.29 is 9.21 Å². The van der Waals surface area contributed by atoms with Gasteiger partial charge < -0.3 is 19.2 Å². The van der Waals surface area contributed by atoms with Crippen LogP contribution in [0.3, 0.4) is 0 Å². The lowest BCUT2D eigenvalue weighted by Gasteiger charge is -2.31. The second-order valence-electron chi connectivity index (χ2n) is 6.52. The minimum Gasteiger partial charge on any atom is -0.454 e. The van der Waals surface area contributed by atoms with E-state index >= 15 is 0 Å². The van der Waals surface area contributed by atoms with E-state index in [9.17, 15) is 9.59 Å². The van der Waals surface area contributed by atoms with Crippen molar-refractivity contribution in [3.05, 3.63) is 58.4 Å². The fraction of sp³-hybridized carbons (Fsp3) is 0.474. The van der Waals surface area contributed by atoms with Gasteiger partial charge in [0, 0.05) is 31.4 Å². The van der Waals surface area contributed by atoms with Crippen molar-refractivity contribution in [1.29, 1.82) is 0 Å². The zero-order valence-electron chi connectivity index (χ0n) is 14.6. The smallest absolute Gasteiger partial charge is 0.287 e. The molecule has 2 aromatic heterocycles. The normalized spacial score (nSPS) is 16.0. The highest BCUT2D eigenvalue weighted by atomic mass is 16.4. The number of piperidine rings is 1. The number of rotatable bonds is 6. The molecule has 0 saturated carbocycles. The van der Waals surface area contributed by atoms with E-state index < -0.39 is 0 Å². The van der Waals surface area contributed by atoms with Gasteiger partial charge in [0.25, 0.3) is 11.5 Å². The van der Waals surface area contributed by atoms with Crippen LogP contribution in [-0.4, -0.2) is 41.1 Å². The summed E-state index contributed by atoms with van der Waals surface area (Å²) in [6, 6.07) is 8.62. The number of carbonyl (C=O) groups excluding carboxylic acids is 1. The molecule has 0 aliphatic carbocycles. The number of aromatic nitrogens is 1. The summed E-state index contributed by atoms with van der Waals surface area (Å²) in [4.78, 5) is 26.5. The maximum absolute atomic E-state index is 12.4. The lowest BCUT2D eigenvalue weighted by molar-refractivity contribution is 0.0881. The highest BCUT2D eigenvalue weighted by Gasteiger charge is 2.21. The van der Waals surface area contributed by atoms with Crippen LogP contribution in [0.5, 0.6) is 0 Å². The Balaban J connectivity index is 1.54. The van der Waals surface area contributed by atoms with Gasteiger partial charge in [-0.1, -0.05) is 13.0 Å². The summed E-state index contributed by atoms with van der Waals surface area (Å²) in [5, 5.41) is 3.06. The molecular weight excluding hydrogens is 318 g/mol. The summed E-state index contributed by atoms with van der Waals surface area (Å²) in [7, 11) is 0. The van der Waals surface area contributed by atoms with Crippen molar-refractivity contribution in [3.63, 3.8) is 0 Å². The highest BCUT2D eigenvalue weighted by Crippen LogP contribution is 2.13. The van der Waals surface area contributed by atoms with E-state index in [-0.39, 0.29) is 17.5 Å². The van der Waals surface area contributed by atoms with Gasteiger partial charge >= 0.3 is 0 Å². The Labute approximate surface area is 147 Å². The number of nitrogens with zero attached hydrogens (tertiary/aromatic N) is 2. The van der Waals surface area contributed by atoms with Crippen molar-refractivity contribution in [2.24, 2.45) is 0 Å². The number of hydrogen-bond donors (Lipinski definition) is 1. The van der Waals surface area contributed by atoms with Crippen LogP contribution in [0.15, 0.2) is 45.7 Å². The zero-order chi connectivity index (χ0) is 17.6. The number of pyridine rings is 1. The minimum absolute atomic E-state index is 0.0938. The molecule has 1 amide bonds. The Morgan fingerprint density at radius 3 is 2.76 bits per heavy atom. The Kier molecular flexibility index (Phi) is 5.71. The molecule has 0 unspecified atom stereocenters. The third-order valence-electron chi connectivity index (χ3n) is 4.57. The second kappa shape index (κ2) is 8.16. The summed E-state index contributed by atoms with van der Waals surface area (Å²) in [6.07, 6.45) is 4.81. The molecule has 1 aliphatic rings. The molecule has 1 aliphatic heterocycles. The lowest BCUT2D eigenvalue weighted by atomic mass is 10.0. The van der Waals surface area contributed by atoms with E-state index in [0.717, 1.165) is 38.9 Å². The standard InChI is InChI=1S/C19H25N3O3/c1-2-10-21-12-8-15(9-13-21)20-19(24)17-7-6-16(25-17)14-22-11-4-3-5-18(22)23/h3-7,11,15H,2,8-10,12-14H2,1H3,(H,20,24). The van der Waals surface area contributed by atoms with Crippen LogP contribution in [0, 0.1) is 0 Å². The van der Waals surface area contributed by atoms with Crippen LogP contribution in [0.4, 0.5) is 0 Å². The van der Waals surface area contributed by atoms with Crippen LogP contribution in [0.25, 0.3) is 0 Å². The third-order valence-corrected chi connectivity index (χ3v) is 4.57. The number of carbonyl (C=O) groups is 1. The predicted octanol–water partition coefficient (Wildman–Crippen LogP) is 2.09. The first-order chi connectivity index (χ1) is 12.2. The van der Waals surface area contributed by atoms with Crippen molar-refractivity contribution in [1.82, 2.24) is 14.8 Å². The van der Waals surface area contributed by atoms with Crippen molar-refractivity contribution >= 4 is 5.91 Å². The molecule has 1 saturated heterocycles. The van der Waals surface area contributed by atoms with E-state index in [0.29, 0.717) is 18.1 Å². The van der Waals surface area contributed by atoms with E-state index in [1.54, 1.807) is 35.0 Å². The minimum atomic E-state index is -0.180. The number of nitrogens with one attached hydrogen (secondary N) is 1. The summed E-state index contributed by atoms with van der Waals surface area (Å²) in [5.74, 6) is 0.715. The van der Waals surface area contributed by atoms with Gasteiger partial charge in [-0.25, -0.2) is 0 Å². The Bertz CT molecular complexity index is 757. The molecule has 0 bridgehead atoms. The van der Waals surface area contributed by atoms with Crippen LogP contribution in [0.2, 0.25) is 0 Å². The monoisotopic (exact) mass is 343 g/mol. The Morgan fingerprint density at radius 1 is 1.24 bits per heavy atom. The molecule has 3 rings (SSSR count). The fourth-order valence-electron chi connectivity index (χ4n) is 3.22. The quantitative estimate of drug-likeness (QED) is 0.872. The summed E-state index contributed by atoms with van der Waals surface area (Å²) in [5.41, 5.74) is -0.0938. The first-order valence-electron chi connectivity index (χ1n) is 8.93. The van der Waals surface area contributed by atoms with Gasteiger partial charge in [-0.15, -0.1) is 0 Å². The van der Waals surface area contributed by atoms with Gasteiger partial charge in [0.1, 0.15) is 5.76 Å². The lowest BCUT2D eigenvalue weighted by Crippen LogP contribution is -2.44. The molecule has 3 heterocycles. The van der Waals surface area contributed by atoms with Crippen LogP contribution < -0.4 is 10.9 Å². The second-order valence-corrected chi connectivity index (χ2v) is 6.52. The molecule has 1 N–H and O–H groups in total. The van der Waals surface area contributed by atoms with Gasteiger partial charge in [0.05, 0.1) is 6.54 Å². The SMILES string of the molecule is CCCN1CCC(NC(=O)c2ccc(Cn3ccccc3=O)o2)CC1. The summed E-state index contributed by atoms with van der Waals surface area (Å²) >= 11 is 0. The van der Waals surface area contributed by atoms with Gasteiger partial charge in [-0.3, -0.25) is 9.59 Å². The van der Waals surface area contributed by atoms with E-state index in [2.05, 4.69) is 17.1 Å². The predicted molar refractivity (Wildman–Crippen MR) is 95.7 cm³/mol. The van der Waals surface area contributed by atoms with Gasteiger partial charge in [0.15, 0.2) is 5.76 Å². The number of hydrogen-bond acceptors (Lipinski definition) is 4. The van der Waals surface area contributed by atoms with Crippen LogP contribution >= 0.6 is 0 Å². The highest BCUT2D eigenvalue weighted by molar-refractivity contribution is 5.91. The topological polar surface area (TPSA) is 67.5 Å². The molecule has 0 radical (unpaired) electrons. The number of likely N-dealkylation sites (tertiary alicyclic amines) is 1. The Hall–Kier alpha value is -2.34. The van der Waals surface area contributed by atoms with Gasteiger partial charge in [0.2, 0.25) is 0 Å². The first-order valence-corrected chi connectivity index (χ1v) is 8.93. The van der Waals surface area contributed by atoms with E-state index in [1.165, 1.54) is 6.07 Å². The van der Waals surface area contributed by atoms with Gasteiger partial charge in [-0.2, -0.15) is 0 Å². The van der Waals surface area contributed by atoms with Crippen molar-refractivity contribution in [2.45, 2.75) is 38.8 Å². The maximum Gasteiger partial charge on any atom is 0.287 e. The van der Waals surface area contributed by atoms with Crippen LogP contribution in [0.1, 0.15) is 42.5 Å². The third kappa shape index (κ3) is 4.60. The number of furan rings is 1. The summed E-state index contributed by atoms with van der Waals surface area (Å²) in [6.45, 7) is 5.69.